The molecule has 2 rings (SSSR count). The first-order valence-corrected chi connectivity index (χ1v) is 5.21. The molecule has 0 aromatic carbocycles. The Morgan fingerprint density at radius 2 is 2.06 bits per heavy atom. The number of hydrogen-bond donors (Lipinski definition) is 3. The number of anilines is 1. The smallest absolute Gasteiger partial charge is 0.115 e. The first-order chi connectivity index (χ1) is 8.31. The van der Waals surface area contributed by atoms with Crippen molar-refractivity contribution in [1.29, 1.82) is 0 Å². The van der Waals surface area contributed by atoms with Gasteiger partial charge in [0.2, 0.25) is 0 Å². The minimum absolute atomic E-state index is 0.107. The van der Waals surface area contributed by atoms with E-state index < -0.39 is 0 Å². The van der Waals surface area contributed by atoms with E-state index >= 15 is 0 Å². The van der Waals surface area contributed by atoms with Gasteiger partial charge in [0.1, 0.15) is 6.33 Å². The molecular weight excluding hydrogens is 216 g/mol. The zero-order valence-corrected chi connectivity index (χ0v) is 9.24. The number of nitrogens with zero attached hydrogens (tertiary/aromatic N) is 3. The highest BCUT2D eigenvalue weighted by Gasteiger charge is 2.13. The van der Waals surface area contributed by atoms with Crippen LogP contribution < -0.4 is 17.0 Å². The molecule has 1 atom stereocenters. The minimum atomic E-state index is -0.107. The fourth-order valence-electron chi connectivity index (χ4n) is 1.58. The molecule has 6 nitrogen and oxygen atoms in total. The Bertz CT molecular complexity index is 472. The summed E-state index contributed by atoms with van der Waals surface area (Å²) in [7, 11) is 0. The van der Waals surface area contributed by atoms with E-state index in [4.69, 9.17) is 11.6 Å². The summed E-state index contributed by atoms with van der Waals surface area (Å²) in [5.41, 5.74) is 11.0. The summed E-state index contributed by atoms with van der Waals surface area (Å²) in [6, 6.07) is 3.48. The van der Waals surface area contributed by atoms with Gasteiger partial charge >= 0.3 is 0 Å². The van der Waals surface area contributed by atoms with E-state index in [-0.39, 0.29) is 6.04 Å². The summed E-state index contributed by atoms with van der Waals surface area (Å²) < 4.78 is 0. The summed E-state index contributed by atoms with van der Waals surface area (Å²) in [6.07, 6.45) is 7.20. The van der Waals surface area contributed by atoms with E-state index in [1.165, 1.54) is 6.33 Å². The molecule has 17 heavy (non-hydrogen) atoms. The summed E-state index contributed by atoms with van der Waals surface area (Å²) in [6.45, 7) is 0. The number of nitrogens with two attached hydrogens (primary N) is 2. The van der Waals surface area contributed by atoms with Gasteiger partial charge in [-0.2, -0.15) is 0 Å². The van der Waals surface area contributed by atoms with Crippen LogP contribution in [0.1, 0.15) is 17.3 Å². The number of hydrazine groups is 1. The molecule has 0 aliphatic rings. The molecule has 0 bridgehead atoms. The van der Waals surface area contributed by atoms with Crippen LogP contribution in [0.5, 0.6) is 0 Å². The van der Waals surface area contributed by atoms with Crippen molar-refractivity contribution in [2.24, 2.45) is 5.84 Å². The van der Waals surface area contributed by atoms with E-state index in [9.17, 15) is 0 Å². The van der Waals surface area contributed by atoms with E-state index in [0.717, 1.165) is 11.3 Å². The van der Waals surface area contributed by atoms with Gasteiger partial charge in [0, 0.05) is 24.3 Å². The van der Waals surface area contributed by atoms with Crippen LogP contribution in [-0.4, -0.2) is 15.0 Å². The molecule has 0 aliphatic carbocycles. The minimum Gasteiger partial charge on any atom is -0.398 e. The first-order valence-electron chi connectivity index (χ1n) is 5.21. The van der Waals surface area contributed by atoms with Gasteiger partial charge in [0.15, 0.2) is 0 Å². The summed E-state index contributed by atoms with van der Waals surface area (Å²) in [5, 5.41) is 0. The van der Waals surface area contributed by atoms with E-state index in [1.54, 1.807) is 24.7 Å². The largest absolute Gasteiger partial charge is 0.398 e. The van der Waals surface area contributed by atoms with Gasteiger partial charge in [-0.1, -0.05) is 0 Å². The third kappa shape index (κ3) is 2.74. The number of rotatable bonds is 4. The van der Waals surface area contributed by atoms with Crippen molar-refractivity contribution in [2.75, 3.05) is 5.73 Å². The highest BCUT2D eigenvalue weighted by atomic mass is 15.2. The van der Waals surface area contributed by atoms with Crippen LogP contribution in [0, 0.1) is 0 Å². The Morgan fingerprint density at radius 1 is 1.24 bits per heavy atom. The van der Waals surface area contributed by atoms with Crippen molar-refractivity contribution in [3.8, 4) is 0 Å². The van der Waals surface area contributed by atoms with Crippen molar-refractivity contribution in [2.45, 2.75) is 12.5 Å². The normalized spacial score (nSPS) is 12.3. The number of nitrogens with one attached hydrogen (secondary N) is 1. The number of aromatic nitrogens is 3. The van der Waals surface area contributed by atoms with Crippen molar-refractivity contribution in [3.63, 3.8) is 0 Å². The van der Waals surface area contributed by atoms with Crippen LogP contribution in [-0.2, 0) is 6.42 Å². The maximum Gasteiger partial charge on any atom is 0.115 e. The van der Waals surface area contributed by atoms with Crippen LogP contribution in [0.4, 0.5) is 5.69 Å². The predicted molar refractivity (Wildman–Crippen MR) is 64.4 cm³/mol. The first kappa shape index (κ1) is 11.4. The summed E-state index contributed by atoms with van der Waals surface area (Å²) >= 11 is 0. The van der Waals surface area contributed by atoms with Gasteiger partial charge in [0.25, 0.3) is 0 Å². The highest BCUT2D eigenvalue weighted by molar-refractivity contribution is 5.44. The van der Waals surface area contributed by atoms with Gasteiger partial charge in [0.05, 0.1) is 11.7 Å². The van der Waals surface area contributed by atoms with Gasteiger partial charge in [-0.05, 0) is 24.1 Å². The van der Waals surface area contributed by atoms with Gasteiger partial charge in [-0.25, -0.2) is 9.97 Å². The fourth-order valence-corrected chi connectivity index (χ4v) is 1.58. The lowest BCUT2D eigenvalue weighted by atomic mass is 10.0. The molecule has 0 spiro atoms. The topological polar surface area (TPSA) is 103 Å². The molecule has 2 aromatic rings. The molecule has 1 unspecified atom stereocenters. The van der Waals surface area contributed by atoms with Crippen molar-refractivity contribution in [3.05, 3.63) is 48.3 Å². The van der Waals surface area contributed by atoms with Crippen LogP contribution in [0.3, 0.4) is 0 Å². The molecule has 0 amide bonds. The van der Waals surface area contributed by atoms with Gasteiger partial charge < -0.3 is 5.73 Å². The van der Waals surface area contributed by atoms with E-state index in [1.807, 2.05) is 6.07 Å². The van der Waals surface area contributed by atoms with Gasteiger partial charge in [-0.15, -0.1) is 0 Å². The molecule has 0 saturated heterocycles. The molecule has 2 aromatic heterocycles. The van der Waals surface area contributed by atoms with Crippen LogP contribution in [0.2, 0.25) is 0 Å². The van der Waals surface area contributed by atoms with E-state index in [0.29, 0.717) is 12.1 Å². The maximum absolute atomic E-state index is 5.86. The Labute approximate surface area is 99.1 Å². The number of nitrogen functional groups attached to an aromatic ring is 1. The zero-order valence-electron chi connectivity index (χ0n) is 9.24. The summed E-state index contributed by atoms with van der Waals surface area (Å²) in [4.78, 5) is 12.1. The monoisotopic (exact) mass is 230 g/mol. The zero-order chi connectivity index (χ0) is 12.1. The average Bonchev–Trinajstić information content (AvgIpc) is 2.39. The molecule has 88 valence electrons. The second-order valence-corrected chi connectivity index (χ2v) is 3.63. The molecule has 2 heterocycles. The molecular formula is C11H14N6. The molecule has 0 radical (unpaired) electrons. The second kappa shape index (κ2) is 5.33. The molecule has 6 heteroatoms. The van der Waals surface area contributed by atoms with Crippen molar-refractivity contribution < 1.29 is 0 Å². The van der Waals surface area contributed by atoms with Crippen LogP contribution >= 0.6 is 0 Å². The third-order valence-electron chi connectivity index (χ3n) is 2.53. The SMILES string of the molecule is NNC(Cc1cnccc1N)c1ccncn1. The number of hydrogen-bond acceptors (Lipinski definition) is 6. The Hall–Kier alpha value is -2.05. The molecule has 0 fully saturated rings. The van der Waals surface area contributed by atoms with E-state index in [2.05, 4.69) is 20.4 Å². The van der Waals surface area contributed by atoms with Gasteiger partial charge in [-0.3, -0.25) is 16.3 Å². The molecule has 5 N–H and O–H groups in total. The molecule has 0 aliphatic heterocycles. The third-order valence-corrected chi connectivity index (χ3v) is 2.53. The quantitative estimate of drug-likeness (QED) is 0.512. The Morgan fingerprint density at radius 3 is 2.71 bits per heavy atom. The highest BCUT2D eigenvalue weighted by Crippen LogP contribution is 2.18. The maximum atomic E-state index is 5.86. The Kier molecular flexibility index (Phi) is 3.59. The lowest BCUT2D eigenvalue weighted by molar-refractivity contribution is 0.537. The Balaban J connectivity index is 2.19. The summed E-state index contributed by atoms with van der Waals surface area (Å²) in [5.74, 6) is 5.53. The standard InChI is InChI=1S/C11H14N6/c12-9-1-3-14-6-8(9)5-11(17-13)10-2-4-15-7-16-10/h1-4,6-7,11,17H,5,13H2,(H2,12,14). The second-order valence-electron chi connectivity index (χ2n) is 3.63. The average molecular weight is 230 g/mol. The van der Waals surface area contributed by atoms with Crippen molar-refractivity contribution >= 4 is 5.69 Å². The van der Waals surface area contributed by atoms with Crippen molar-refractivity contribution in [1.82, 2.24) is 20.4 Å². The lowest BCUT2D eigenvalue weighted by Gasteiger charge is -2.15. The molecule has 0 saturated carbocycles. The lowest BCUT2D eigenvalue weighted by Crippen LogP contribution is -2.30. The fraction of sp³-hybridized carbons (Fsp3) is 0.182. The van der Waals surface area contributed by atoms with Crippen LogP contribution in [0.15, 0.2) is 37.1 Å². The van der Waals surface area contributed by atoms with Crippen LogP contribution in [0.25, 0.3) is 0 Å². The number of pyridine rings is 1. The predicted octanol–water partition coefficient (Wildman–Crippen LogP) is 0.201.